The van der Waals surface area contributed by atoms with Crippen molar-refractivity contribution in [3.05, 3.63) is 50.5 Å². The number of imidazole rings is 1. The smallest absolute Gasteiger partial charge is 0.191 e. The zero-order chi connectivity index (χ0) is 18.0. The zero-order valence-electron chi connectivity index (χ0n) is 14.9. The van der Waals surface area contributed by atoms with Crippen molar-refractivity contribution < 1.29 is 0 Å². The van der Waals surface area contributed by atoms with Crippen molar-refractivity contribution in [3.8, 4) is 0 Å². The van der Waals surface area contributed by atoms with E-state index in [2.05, 4.69) is 53.7 Å². The Labute approximate surface area is 158 Å². The third-order valence-corrected chi connectivity index (χ3v) is 5.34. The summed E-state index contributed by atoms with van der Waals surface area (Å²) in [6, 6.07) is 8.31. The van der Waals surface area contributed by atoms with Crippen molar-refractivity contribution in [1.29, 1.82) is 0 Å². The number of fused-ring (bicyclic) bond motifs is 3. The van der Waals surface area contributed by atoms with Gasteiger partial charge < -0.3 is 0 Å². The number of rotatable bonds is 0. The average molecular weight is 381 g/mol. The van der Waals surface area contributed by atoms with E-state index >= 15 is 0 Å². The van der Waals surface area contributed by atoms with Gasteiger partial charge in [-0.3, -0.25) is 8.80 Å². The Hall–Kier alpha value is -1.03. The number of aromatic nitrogens is 2. The van der Waals surface area contributed by atoms with Gasteiger partial charge in [0.2, 0.25) is 0 Å². The Morgan fingerprint density at radius 2 is 1.04 bits per heavy atom. The van der Waals surface area contributed by atoms with E-state index in [4.69, 9.17) is 35.4 Å². The summed E-state index contributed by atoms with van der Waals surface area (Å²) in [7, 11) is 0. The molecule has 0 fully saturated rings. The molecule has 0 saturated heterocycles. The maximum atomic E-state index is 6.57. The van der Waals surface area contributed by atoms with Crippen LogP contribution in [0.25, 0.3) is 11.0 Å². The molecule has 5 heteroatoms. The van der Waals surface area contributed by atoms with Crippen LogP contribution in [0.5, 0.6) is 0 Å². The number of hydrogen-bond acceptors (Lipinski definition) is 1. The van der Waals surface area contributed by atoms with Crippen LogP contribution in [0.2, 0.25) is 10.3 Å². The predicted molar refractivity (Wildman–Crippen MR) is 107 cm³/mol. The Morgan fingerprint density at radius 3 is 1.33 bits per heavy atom. The molecule has 3 aromatic rings. The lowest BCUT2D eigenvalue weighted by molar-refractivity contribution is 0.589. The molecule has 3 aromatic heterocycles. The van der Waals surface area contributed by atoms with Crippen LogP contribution < -0.4 is 0 Å². The summed E-state index contributed by atoms with van der Waals surface area (Å²) in [4.78, 5) is 0. The molecule has 0 unspecified atom stereocenters. The first kappa shape index (κ1) is 17.8. The first-order valence-corrected chi connectivity index (χ1v) is 9.15. The van der Waals surface area contributed by atoms with Crippen molar-refractivity contribution in [1.82, 2.24) is 8.80 Å². The van der Waals surface area contributed by atoms with E-state index in [0.29, 0.717) is 15.1 Å². The molecule has 0 amide bonds. The molecule has 128 valence electrons. The van der Waals surface area contributed by atoms with Gasteiger partial charge in [-0.15, -0.1) is 0 Å². The SMILES string of the molecule is CC(C)(C)c1cc(Cl)n2c(=S)n3c(Cl)cc(C(C)(C)C)cc3c2c1. The lowest BCUT2D eigenvalue weighted by Gasteiger charge is -2.20. The fraction of sp³-hybridized carbons (Fsp3) is 0.421. The Morgan fingerprint density at radius 1 is 0.708 bits per heavy atom. The summed E-state index contributed by atoms with van der Waals surface area (Å²) in [6.07, 6.45) is 0. The van der Waals surface area contributed by atoms with Crippen LogP contribution in [0.15, 0.2) is 24.3 Å². The summed E-state index contributed by atoms with van der Waals surface area (Å²) >= 11 is 18.8. The quantitative estimate of drug-likeness (QED) is 0.306. The van der Waals surface area contributed by atoms with Crippen LogP contribution in [-0.4, -0.2) is 8.80 Å². The zero-order valence-corrected chi connectivity index (χ0v) is 17.2. The van der Waals surface area contributed by atoms with E-state index in [1.165, 1.54) is 11.1 Å². The van der Waals surface area contributed by atoms with E-state index in [-0.39, 0.29) is 10.8 Å². The first-order chi connectivity index (χ1) is 10.9. The summed E-state index contributed by atoms with van der Waals surface area (Å²) in [5.74, 6) is 0. The van der Waals surface area contributed by atoms with Crippen LogP contribution in [0.4, 0.5) is 0 Å². The lowest BCUT2D eigenvalue weighted by atomic mass is 9.86. The van der Waals surface area contributed by atoms with E-state index < -0.39 is 0 Å². The largest absolute Gasteiger partial charge is 0.274 e. The molecule has 3 rings (SSSR count). The molecule has 0 atom stereocenters. The van der Waals surface area contributed by atoms with Gasteiger partial charge in [0, 0.05) is 0 Å². The molecule has 24 heavy (non-hydrogen) atoms. The topological polar surface area (TPSA) is 8.82 Å². The standard InChI is InChI=1S/C19H22Cl2N2S/c1-18(2,3)11-7-13-14-8-12(19(4,5)6)10-16(21)23(14)17(24)22(13)15(20)9-11/h7-10H,1-6H3. The Balaban J connectivity index is 2.54. The first-order valence-electron chi connectivity index (χ1n) is 7.98. The minimum Gasteiger partial charge on any atom is -0.274 e. The van der Waals surface area contributed by atoms with Gasteiger partial charge in [-0.1, -0.05) is 64.7 Å². The molecule has 0 radical (unpaired) electrons. The molecule has 2 nitrogen and oxygen atoms in total. The van der Waals surface area contributed by atoms with E-state index in [1.54, 1.807) is 0 Å². The summed E-state index contributed by atoms with van der Waals surface area (Å²) in [5, 5.41) is 1.22. The van der Waals surface area contributed by atoms with Gasteiger partial charge in [-0.05, 0) is 58.4 Å². The number of halogens is 2. The molecule has 0 bridgehead atoms. The summed E-state index contributed by atoms with van der Waals surface area (Å²) in [6.45, 7) is 13.1. The summed E-state index contributed by atoms with van der Waals surface area (Å²) < 4.78 is 4.37. The lowest BCUT2D eigenvalue weighted by Crippen LogP contribution is -2.12. The molecule has 0 aliphatic rings. The van der Waals surface area contributed by atoms with Crippen LogP contribution in [0.1, 0.15) is 52.7 Å². The molecule has 0 aromatic carbocycles. The molecule has 0 aliphatic heterocycles. The van der Waals surface area contributed by atoms with Crippen molar-refractivity contribution in [2.24, 2.45) is 0 Å². The predicted octanol–water partition coefficient (Wildman–Crippen LogP) is 6.82. The van der Waals surface area contributed by atoms with Gasteiger partial charge in [0.25, 0.3) is 0 Å². The molecule has 0 N–H and O–H groups in total. The second-order valence-corrected chi connectivity index (χ2v) is 9.50. The average Bonchev–Trinajstić information content (AvgIpc) is 2.71. The molecule has 0 saturated carbocycles. The van der Waals surface area contributed by atoms with Gasteiger partial charge in [-0.2, -0.15) is 0 Å². The molecule has 3 heterocycles. The van der Waals surface area contributed by atoms with Gasteiger partial charge >= 0.3 is 0 Å². The van der Waals surface area contributed by atoms with E-state index in [9.17, 15) is 0 Å². The third-order valence-electron chi connectivity index (χ3n) is 4.42. The Kier molecular flexibility index (Phi) is 4.06. The van der Waals surface area contributed by atoms with E-state index in [1.807, 2.05) is 20.9 Å². The van der Waals surface area contributed by atoms with Crippen molar-refractivity contribution >= 4 is 46.5 Å². The maximum Gasteiger partial charge on any atom is 0.191 e. The van der Waals surface area contributed by atoms with Crippen LogP contribution in [-0.2, 0) is 10.8 Å². The highest BCUT2D eigenvalue weighted by molar-refractivity contribution is 7.71. The maximum absolute atomic E-state index is 6.57. The molecular formula is C19H22Cl2N2S. The third kappa shape index (κ3) is 2.77. The highest BCUT2D eigenvalue weighted by Gasteiger charge is 2.21. The molecule has 0 aliphatic carbocycles. The number of pyridine rings is 2. The van der Waals surface area contributed by atoms with Gasteiger partial charge in [0.05, 0.1) is 11.0 Å². The molecular weight excluding hydrogens is 359 g/mol. The fourth-order valence-corrected chi connectivity index (χ4v) is 3.93. The second kappa shape index (κ2) is 5.48. The number of hydrogen-bond donors (Lipinski definition) is 0. The molecule has 0 spiro atoms. The van der Waals surface area contributed by atoms with Crippen LogP contribution >= 0.6 is 35.4 Å². The van der Waals surface area contributed by atoms with Gasteiger partial charge in [0.15, 0.2) is 4.77 Å². The van der Waals surface area contributed by atoms with E-state index in [0.717, 1.165) is 11.0 Å². The fourth-order valence-electron chi connectivity index (χ4n) is 2.85. The van der Waals surface area contributed by atoms with Crippen LogP contribution in [0, 0.1) is 4.77 Å². The van der Waals surface area contributed by atoms with Gasteiger partial charge in [0.1, 0.15) is 10.3 Å². The minimum atomic E-state index is -0.000296. The minimum absolute atomic E-state index is 0.000296. The second-order valence-electron chi connectivity index (χ2n) is 8.36. The van der Waals surface area contributed by atoms with Crippen molar-refractivity contribution in [3.63, 3.8) is 0 Å². The van der Waals surface area contributed by atoms with Gasteiger partial charge in [-0.25, -0.2) is 0 Å². The highest BCUT2D eigenvalue weighted by atomic mass is 35.5. The van der Waals surface area contributed by atoms with Crippen molar-refractivity contribution in [2.45, 2.75) is 52.4 Å². The Bertz CT molecular complexity index is 934. The van der Waals surface area contributed by atoms with Crippen molar-refractivity contribution in [2.75, 3.05) is 0 Å². The monoisotopic (exact) mass is 380 g/mol. The summed E-state index contributed by atoms with van der Waals surface area (Å²) in [5.41, 5.74) is 4.33. The number of nitrogens with zero attached hydrogens (tertiary/aromatic N) is 2. The highest BCUT2D eigenvalue weighted by Crippen LogP contribution is 2.33. The normalized spacial score (nSPS) is 13.2. The van der Waals surface area contributed by atoms with Crippen LogP contribution in [0.3, 0.4) is 0 Å².